The third-order valence-corrected chi connectivity index (χ3v) is 3.94. The summed E-state index contributed by atoms with van der Waals surface area (Å²) in [6.07, 6.45) is 3.43. The summed E-state index contributed by atoms with van der Waals surface area (Å²) in [5.74, 6) is 0.186. The van der Waals surface area contributed by atoms with Crippen molar-refractivity contribution < 1.29 is 0 Å². The maximum Gasteiger partial charge on any atom is 0.228 e. The second-order valence-corrected chi connectivity index (χ2v) is 6.76. The van der Waals surface area contributed by atoms with E-state index in [1.807, 2.05) is 63.2 Å². The molecule has 6 heteroatoms. The van der Waals surface area contributed by atoms with Gasteiger partial charge in [-0.1, -0.05) is 51.1 Å². The molecule has 24 heavy (non-hydrogen) atoms. The van der Waals surface area contributed by atoms with Gasteiger partial charge in [0.15, 0.2) is 5.79 Å². The molecule has 1 aromatic carbocycles. The summed E-state index contributed by atoms with van der Waals surface area (Å²) < 4.78 is 0. The van der Waals surface area contributed by atoms with Gasteiger partial charge in [0, 0.05) is 29.1 Å². The van der Waals surface area contributed by atoms with Crippen molar-refractivity contribution in [2.75, 3.05) is 5.32 Å². The normalized spacial score (nSPS) is 20.7. The smallest absolute Gasteiger partial charge is 0.228 e. The second kappa shape index (κ2) is 6.05. The van der Waals surface area contributed by atoms with Crippen LogP contribution in [0.4, 0.5) is 5.69 Å². The number of pyridine rings is 1. The van der Waals surface area contributed by atoms with E-state index in [1.165, 1.54) is 0 Å². The number of amidine groups is 1. The first-order valence-electron chi connectivity index (χ1n) is 7.85. The Morgan fingerprint density at radius 2 is 1.71 bits per heavy atom. The number of rotatable bonds is 2. The van der Waals surface area contributed by atoms with E-state index in [4.69, 9.17) is 5.73 Å². The Bertz CT molecular complexity index is 761. The molecule has 6 nitrogen and oxygen atoms in total. The van der Waals surface area contributed by atoms with Gasteiger partial charge in [-0.2, -0.15) is 4.99 Å². The number of aromatic nitrogens is 1. The van der Waals surface area contributed by atoms with Gasteiger partial charge in [0.25, 0.3) is 0 Å². The molecule has 0 amide bonds. The molecule has 0 radical (unpaired) electrons. The van der Waals surface area contributed by atoms with Crippen LogP contribution < -0.4 is 16.4 Å². The Labute approximate surface area is 141 Å². The third kappa shape index (κ3) is 3.28. The van der Waals surface area contributed by atoms with E-state index in [0.717, 1.165) is 11.3 Å². The minimum Gasteiger partial charge on any atom is -0.333 e. The summed E-state index contributed by atoms with van der Waals surface area (Å²) in [6.45, 7) is 6.13. The Kier molecular flexibility index (Phi) is 4.07. The molecular weight excluding hydrogens is 300 g/mol. The number of nitrogens with one attached hydrogen (secondary N) is 2. The van der Waals surface area contributed by atoms with Gasteiger partial charge in [0.2, 0.25) is 5.96 Å². The SMILES string of the molecule is CC(C)(C)C1(N)N=C(Nc2ccncc2)N=C(c2ccccc2)N1. The molecule has 124 valence electrons. The van der Waals surface area contributed by atoms with E-state index in [2.05, 4.69) is 25.6 Å². The monoisotopic (exact) mass is 322 g/mol. The molecule has 3 rings (SSSR count). The quantitative estimate of drug-likeness (QED) is 0.793. The topological polar surface area (TPSA) is 87.7 Å². The molecule has 1 aromatic heterocycles. The number of benzene rings is 1. The van der Waals surface area contributed by atoms with Crippen LogP contribution in [0.2, 0.25) is 0 Å². The van der Waals surface area contributed by atoms with Crippen LogP contribution in [0.25, 0.3) is 0 Å². The van der Waals surface area contributed by atoms with Crippen molar-refractivity contribution in [1.29, 1.82) is 0 Å². The molecule has 4 N–H and O–H groups in total. The zero-order valence-corrected chi connectivity index (χ0v) is 14.1. The fraction of sp³-hybridized carbons (Fsp3) is 0.278. The summed E-state index contributed by atoms with van der Waals surface area (Å²) in [7, 11) is 0. The van der Waals surface area contributed by atoms with E-state index >= 15 is 0 Å². The van der Waals surface area contributed by atoms with Gasteiger partial charge in [-0.3, -0.25) is 10.7 Å². The van der Waals surface area contributed by atoms with Crippen molar-refractivity contribution in [3.63, 3.8) is 0 Å². The van der Waals surface area contributed by atoms with Crippen LogP contribution >= 0.6 is 0 Å². The van der Waals surface area contributed by atoms with Gasteiger partial charge in [0.05, 0.1) is 0 Å². The predicted octanol–water partition coefficient (Wildman–Crippen LogP) is 2.56. The molecule has 0 fully saturated rings. The zero-order valence-electron chi connectivity index (χ0n) is 14.1. The Morgan fingerprint density at radius 3 is 2.33 bits per heavy atom. The summed E-state index contributed by atoms with van der Waals surface area (Å²) >= 11 is 0. The highest BCUT2D eigenvalue weighted by Gasteiger charge is 2.41. The highest BCUT2D eigenvalue weighted by Crippen LogP contribution is 2.29. The van der Waals surface area contributed by atoms with Crippen LogP contribution in [0.5, 0.6) is 0 Å². The van der Waals surface area contributed by atoms with Crippen LogP contribution in [0.3, 0.4) is 0 Å². The second-order valence-electron chi connectivity index (χ2n) is 6.76. The number of hydrogen-bond donors (Lipinski definition) is 3. The fourth-order valence-corrected chi connectivity index (χ4v) is 2.24. The maximum absolute atomic E-state index is 6.58. The van der Waals surface area contributed by atoms with Crippen molar-refractivity contribution in [3.8, 4) is 0 Å². The van der Waals surface area contributed by atoms with Crippen molar-refractivity contribution in [2.24, 2.45) is 21.1 Å². The molecule has 0 aliphatic carbocycles. The molecule has 1 unspecified atom stereocenters. The van der Waals surface area contributed by atoms with E-state index < -0.39 is 5.79 Å². The third-order valence-electron chi connectivity index (χ3n) is 3.94. The minimum atomic E-state index is -0.977. The lowest BCUT2D eigenvalue weighted by Gasteiger charge is -2.41. The van der Waals surface area contributed by atoms with Crippen LogP contribution in [-0.4, -0.2) is 22.6 Å². The molecule has 0 saturated heterocycles. The molecule has 0 bridgehead atoms. The van der Waals surface area contributed by atoms with E-state index in [0.29, 0.717) is 11.8 Å². The standard InChI is InChI=1S/C18H22N6/c1-17(2,3)18(19)23-15(13-7-5-4-6-8-13)22-16(24-18)21-14-9-11-20-12-10-14/h4-12H,19H2,1-3H3,(H2,20,21,22,23,24). The van der Waals surface area contributed by atoms with Crippen LogP contribution in [0.1, 0.15) is 26.3 Å². The maximum atomic E-state index is 6.58. The van der Waals surface area contributed by atoms with Crippen LogP contribution in [0.15, 0.2) is 64.8 Å². The molecule has 1 aliphatic rings. The lowest BCUT2D eigenvalue weighted by atomic mass is 9.87. The van der Waals surface area contributed by atoms with Gasteiger partial charge >= 0.3 is 0 Å². The Balaban J connectivity index is 2.01. The highest BCUT2D eigenvalue weighted by molar-refractivity contribution is 6.10. The van der Waals surface area contributed by atoms with E-state index in [-0.39, 0.29) is 5.41 Å². The summed E-state index contributed by atoms with van der Waals surface area (Å²) in [5, 5.41) is 6.50. The summed E-state index contributed by atoms with van der Waals surface area (Å²) in [4.78, 5) is 13.2. The van der Waals surface area contributed by atoms with Crippen LogP contribution in [-0.2, 0) is 0 Å². The molecule has 1 atom stereocenters. The lowest BCUT2D eigenvalue weighted by molar-refractivity contribution is 0.177. The van der Waals surface area contributed by atoms with Crippen molar-refractivity contribution >= 4 is 17.5 Å². The Hall–Kier alpha value is -2.73. The van der Waals surface area contributed by atoms with Crippen molar-refractivity contribution in [1.82, 2.24) is 10.3 Å². The summed E-state index contributed by atoms with van der Waals surface area (Å²) in [5.41, 5.74) is 8.08. The molecule has 0 spiro atoms. The molecular formula is C18H22N6. The molecule has 1 aliphatic heterocycles. The first-order chi connectivity index (χ1) is 11.4. The van der Waals surface area contributed by atoms with Gasteiger partial charge in [0.1, 0.15) is 5.84 Å². The van der Waals surface area contributed by atoms with Gasteiger partial charge < -0.3 is 10.6 Å². The molecule has 0 saturated carbocycles. The molecule has 2 heterocycles. The number of hydrogen-bond acceptors (Lipinski definition) is 6. The first kappa shape index (κ1) is 16.1. The number of anilines is 1. The number of aliphatic imine (C=N–C) groups is 2. The van der Waals surface area contributed by atoms with Gasteiger partial charge in [-0.25, -0.2) is 4.99 Å². The molecule has 2 aromatic rings. The fourth-order valence-electron chi connectivity index (χ4n) is 2.24. The highest BCUT2D eigenvalue weighted by atomic mass is 15.4. The average Bonchev–Trinajstić information content (AvgIpc) is 2.55. The zero-order chi connectivity index (χ0) is 17.2. The van der Waals surface area contributed by atoms with Crippen LogP contribution in [0, 0.1) is 5.41 Å². The van der Waals surface area contributed by atoms with Crippen molar-refractivity contribution in [3.05, 3.63) is 60.4 Å². The van der Waals surface area contributed by atoms with Gasteiger partial charge in [-0.15, -0.1) is 0 Å². The van der Waals surface area contributed by atoms with Crippen molar-refractivity contribution in [2.45, 2.75) is 26.6 Å². The van der Waals surface area contributed by atoms with E-state index in [1.54, 1.807) is 12.4 Å². The average molecular weight is 322 g/mol. The largest absolute Gasteiger partial charge is 0.333 e. The predicted molar refractivity (Wildman–Crippen MR) is 97.8 cm³/mol. The number of nitrogens with zero attached hydrogens (tertiary/aromatic N) is 3. The lowest BCUT2D eigenvalue weighted by Crippen LogP contribution is -2.64. The van der Waals surface area contributed by atoms with Gasteiger partial charge in [-0.05, 0) is 12.1 Å². The first-order valence-corrected chi connectivity index (χ1v) is 7.85. The Morgan fingerprint density at radius 1 is 1.04 bits per heavy atom. The minimum absolute atomic E-state index is 0.311. The number of guanidine groups is 1. The number of nitrogens with two attached hydrogens (primary N) is 1. The summed E-state index contributed by atoms with van der Waals surface area (Å²) in [6, 6.07) is 13.6. The van der Waals surface area contributed by atoms with E-state index in [9.17, 15) is 0 Å².